The number of anilines is 1. The van der Waals surface area contributed by atoms with Crippen molar-refractivity contribution >= 4 is 49.3 Å². The fourth-order valence-electron chi connectivity index (χ4n) is 2.48. The van der Waals surface area contributed by atoms with Crippen LogP contribution in [0.5, 0.6) is 0 Å². The number of H-pyrrole nitrogens is 1. The van der Waals surface area contributed by atoms with Gasteiger partial charge in [0, 0.05) is 11.6 Å². The van der Waals surface area contributed by atoms with Crippen molar-refractivity contribution in [3.8, 4) is 10.7 Å². The first-order chi connectivity index (χ1) is 12.1. The second-order valence-electron chi connectivity index (χ2n) is 5.30. The van der Waals surface area contributed by atoms with Gasteiger partial charge in [0.1, 0.15) is 14.1 Å². The molecule has 1 aromatic carbocycles. The van der Waals surface area contributed by atoms with Crippen molar-refractivity contribution in [3.05, 3.63) is 52.9 Å². The Morgan fingerprint density at radius 3 is 2.84 bits per heavy atom. The summed E-state index contributed by atoms with van der Waals surface area (Å²) in [5, 5.41) is 10.8. The fourth-order valence-corrected chi connectivity index (χ4v) is 5.30. The third-order valence-corrected chi connectivity index (χ3v) is 7.41. The molecule has 128 valence electrons. The highest BCUT2D eigenvalue weighted by Gasteiger charge is 2.18. The molecule has 0 saturated heterocycles. The predicted octanol–water partition coefficient (Wildman–Crippen LogP) is 3.38. The first-order valence-electron chi connectivity index (χ1n) is 7.34. The Kier molecular flexibility index (Phi) is 4.08. The molecule has 0 saturated carbocycles. The van der Waals surface area contributed by atoms with Crippen LogP contribution in [0.25, 0.3) is 21.6 Å². The molecule has 0 radical (unpaired) electrons. The number of nitrogens with zero attached hydrogens (tertiary/aromatic N) is 1. The van der Waals surface area contributed by atoms with Crippen molar-refractivity contribution in [2.45, 2.75) is 10.8 Å². The van der Waals surface area contributed by atoms with Crippen LogP contribution in [-0.4, -0.2) is 23.5 Å². The summed E-state index contributed by atoms with van der Waals surface area (Å²) in [5.74, 6) is 0. The molecule has 0 aliphatic rings. The van der Waals surface area contributed by atoms with E-state index in [4.69, 9.17) is 5.11 Å². The van der Waals surface area contributed by atoms with Gasteiger partial charge in [-0.25, -0.2) is 13.4 Å². The molecule has 9 heteroatoms. The van der Waals surface area contributed by atoms with Gasteiger partial charge < -0.3 is 10.1 Å². The van der Waals surface area contributed by atoms with E-state index in [9.17, 15) is 8.42 Å². The van der Waals surface area contributed by atoms with Crippen LogP contribution in [0.1, 0.15) is 4.88 Å². The molecule has 0 aliphatic heterocycles. The summed E-state index contributed by atoms with van der Waals surface area (Å²) in [4.78, 5) is 8.46. The molecule has 0 bridgehead atoms. The van der Waals surface area contributed by atoms with Gasteiger partial charge in [-0.15, -0.1) is 22.7 Å². The average molecular weight is 393 g/mol. The van der Waals surface area contributed by atoms with Crippen LogP contribution in [0.3, 0.4) is 0 Å². The van der Waals surface area contributed by atoms with Crippen molar-refractivity contribution < 1.29 is 13.5 Å². The van der Waals surface area contributed by atoms with Crippen LogP contribution in [0.2, 0.25) is 0 Å². The maximum atomic E-state index is 12.5. The van der Waals surface area contributed by atoms with Crippen LogP contribution in [0.15, 0.2) is 52.2 Å². The fraction of sp³-hybridized carbons (Fsp3) is 0.0625. The lowest BCUT2D eigenvalue weighted by molar-refractivity contribution is 0.285. The molecule has 0 aliphatic carbocycles. The van der Waals surface area contributed by atoms with Gasteiger partial charge in [0.25, 0.3) is 10.0 Å². The monoisotopic (exact) mass is 392 g/mol. The van der Waals surface area contributed by atoms with Gasteiger partial charge in [-0.2, -0.15) is 0 Å². The van der Waals surface area contributed by atoms with Crippen molar-refractivity contribution in [3.63, 3.8) is 0 Å². The molecule has 0 fully saturated rings. The lowest BCUT2D eigenvalue weighted by Gasteiger charge is -2.07. The maximum Gasteiger partial charge on any atom is 0.271 e. The van der Waals surface area contributed by atoms with E-state index >= 15 is 0 Å². The molecule has 4 aromatic rings. The Hall–Kier alpha value is -2.20. The first kappa shape index (κ1) is 16.3. The molecule has 3 aromatic heterocycles. The van der Waals surface area contributed by atoms with Crippen LogP contribution < -0.4 is 4.72 Å². The summed E-state index contributed by atoms with van der Waals surface area (Å²) in [7, 11) is -3.61. The van der Waals surface area contributed by atoms with Gasteiger partial charge in [-0.1, -0.05) is 18.2 Å². The summed E-state index contributed by atoms with van der Waals surface area (Å²) in [6, 6.07) is 10.7. The Labute approximate surface area is 151 Å². The molecule has 0 spiro atoms. The van der Waals surface area contributed by atoms with Gasteiger partial charge in [-0.3, -0.25) is 4.72 Å². The zero-order valence-corrected chi connectivity index (χ0v) is 15.3. The van der Waals surface area contributed by atoms with Crippen LogP contribution >= 0.6 is 22.7 Å². The molecule has 25 heavy (non-hydrogen) atoms. The first-order valence-corrected chi connectivity index (χ1v) is 10.5. The van der Waals surface area contributed by atoms with E-state index in [0.717, 1.165) is 21.0 Å². The smallest absolute Gasteiger partial charge is 0.271 e. The SMILES string of the molecule is O=S(=O)(Nc1cccc2cc(-c3ncc(C[OH2+])s3)[nH]c12)c1cccs1. The molecule has 0 atom stereocenters. The number of para-hydroxylation sites is 1. The topological polar surface area (TPSA) is 97.8 Å². The highest BCUT2D eigenvalue weighted by atomic mass is 32.2. The molecular weight excluding hydrogens is 378 g/mol. The highest BCUT2D eigenvalue weighted by Crippen LogP contribution is 2.32. The number of hydrogen-bond acceptors (Lipinski definition) is 5. The number of fused-ring (bicyclic) bond motifs is 1. The third-order valence-electron chi connectivity index (χ3n) is 3.62. The second kappa shape index (κ2) is 6.26. The van der Waals surface area contributed by atoms with E-state index in [1.165, 1.54) is 22.7 Å². The van der Waals surface area contributed by atoms with E-state index in [1.807, 2.05) is 18.2 Å². The largest absolute Gasteiger partial charge is 0.441 e. The van der Waals surface area contributed by atoms with E-state index in [2.05, 4.69) is 14.7 Å². The van der Waals surface area contributed by atoms with Crippen LogP contribution in [0, 0.1) is 0 Å². The normalized spacial score (nSPS) is 11.9. The lowest BCUT2D eigenvalue weighted by Crippen LogP contribution is -2.11. The summed E-state index contributed by atoms with van der Waals surface area (Å²) in [5.41, 5.74) is 2.01. The molecule has 0 amide bonds. The van der Waals surface area contributed by atoms with E-state index in [-0.39, 0.29) is 10.8 Å². The number of thiophene rings is 1. The van der Waals surface area contributed by atoms with Crippen molar-refractivity contribution in [2.75, 3.05) is 4.72 Å². The Morgan fingerprint density at radius 2 is 2.12 bits per heavy atom. The Balaban J connectivity index is 1.75. The minimum Gasteiger partial charge on any atom is -0.441 e. The minimum absolute atomic E-state index is 0.198. The standard InChI is InChI=1S/C16H13N3O3S3/c20-9-11-8-17-16(24-11)13-7-10-3-1-4-12(15(10)18-13)19-25(21,22)14-5-2-6-23-14/h1-8,18-20H,9H2/p+1. The van der Waals surface area contributed by atoms with Gasteiger partial charge in [-0.05, 0) is 23.6 Å². The number of nitrogens with one attached hydrogen (secondary N) is 2. The Morgan fingerprint density at radius 1 is 1.24 bits per heavy atom. The van der Waals surface area contributed by atoms with E-state index in [0.29, 0.717) is 11.2 Å². The van der Waals surface area contributed by atoms with Crippen molar-refractivity contribution in [1.82, 2.24) is 9.97 Å². The second-order valence-corrected chi connectivity index (χ2v) is 9.27. The minimum atomic E-state index is -3.61. The summed E-state index contributed by atoms with van der Waals surface area (Å²) in [6.07, 6.45) is 1.69. The summed E-state index contributed by atoms with van der Waals surface area (Å²) >= 11 is 2.63. The van der Waals surface area contributed by atoms with E-state index < -0.39 is 10.0 Å². The quantitative estimate of drug-likeness (QED) is 0.509. The zero-order valence-electron chi connectivity index (χ0n) is 12.8. The molecule has 4 N–H and O–H groups in total. The number of aromatic amines is 1. The number of benzene rings is 1. The summed E-state index contributed by atoms with van der Waals surface area (Å²) in [6.45, 7) is 0.198. The van der Waals surface area contributed by atoms with Gasteiger partial charge >= 0.3 is 0 Å². The third kappa shape index (κ3) is 3.07. The van der Waals surface area contributed by atoms with Gasteiger partial charge in [0.15, 0.2) is 6.61 Å². The number of thiazole rings is 1. The van der Waals surface area contributed by atoms with Crippen LogP contribution in [-0.2, 0) is 16.6 Å². The van der Waals surface area contributed by atoms with Crippen molar-refractivity contribution in [2.24, 2.45) is 0 Å². The molecule has 0 unspecified atom stereocenters. The molecule has 3 heterocycles. The molecule has 6 nitrogen and oxygen atoms in total. The maximum absolute atomic E-state index is 12.5. The van der Waals surface area contributed by atoms with Crippen molar-refractivity contribution in [1.29, 1.82) is 0 Å². The molecule has 4 rings (SSSR count). The summed E-state index contributed by atoms with van der Waals surface area (Å²) < 4.78 is 27.9. The lowest BCUT2D eigenvalue weighted by atomic mass is 10.2. The van der Waals surface area contributed by atoms with E-state index in [1.54, 1.807) is 29.8 Å². The zero-order chi connectivity index (χ0) is 17.4. The average Bonchev–Trinajstić information content (AvgIpc) is 3.33. The highest BCUT2D eigenvalue weighted by molar-refractivity contribution is 7.94. The van der Waals surface area contributed by atoms with Gasteiger partial charge in [0.05, 0.1) is 16.9 Å². The predicted molar refractivity (Wildman–Crippen MR) is 102 cm³/mol. The number of rotatable bonds is 5. The van der Waals surface area contributed by atoms with Crippen LogP contribution in [0.4, 0.5) is 5.69 Å². The Bertz CT molecular complexity index is 1130. The van der Waals surface area contributed by atoms with Gasteiger partial charge in [0.2, 0.25) is 0 Å². The number of sulfonamides is 1. The number of hydrogen-bond donors (Lipinski definition) is 2. The number of aromatic nitrogens is 2. The molecular formula is C16H14N3O3S3+.